The molecule has 1 atom stereocenters. The minimum Gasteiger partial charge on any atom is -0.382 e. The van der Waals surface area contributed by atoms with Crippen molar-refractivity contribution in [2.45, 2.75) is 69.4 Å². The Bertz CT molecular complexity index is 2130. The van der Waals surface area contributed by atoms with Gasteiger partial charge in [-0.15, -0.1) is 0 Å². The first-order valence-electron chi connectivity index (χ1n) is 20.1. The predicted molar refractivity (Wildman–Crippen MR) is 215 cm³/mol. The molecule has 3 aliphatic heterocycles. The van der Waals surface area contributed by atoms with Crippen molar-refractivity contribution in [3.05, 3.63) is 65.4 Å². The van der Waals surface area contributed by atoms with Crippen LogP contribution in [0.5, 0.6) is 0 Å². The highest BCUT2D eigenvalue weighted by Gasteiger charge is 2.49. The largest absolute Gasteiger partial charge is 0.382 e. The topological polar surface area (TPSA) is 204 Å². The third-order valence-electron chi connectivity index (χ3n) is 10.9. The van der Waals surface area contributed by atoms with E-state index in [1.807, 2.05) is 0 Å². The van der Waals surface area contributed by atoms with Crippen LogP contribution in [-0.4, -0.2) is 121 Å². The lowest BCUT2D eigenvalue weighted by molar-refractivity contribution is -0.140. The third kappa shape index (κ3) is 9.21. The second-order valence-electron chi connectivity index (χ2n) is 15.0. The average molecular weight is 832 g/mol. The Labute approximate surface area is 344 Å². The van der Waals surface area contributed by atoms with Gasteiger partial charge in [-0.1, -0.05) is 18.9 Å². The number of ether oxygens (including phenoxy) is 2. The number of anilines is 5. The fourth-order valence-corrected chi connectivity index (χ4v) is 7.80. The Balaban J connectivity index is 0.775. The van der Waals surface area contributed by atoms with Gasteiger partial charge in [0.1, 0.15) is 11.7 Å². The summed E-state index contributed by atoms with van der Waals surface area (Å²) in [7, 11) is 1.31. The van der Waals surface area contributed by atoms with E-state index in [2.05, 4.69) is 31.2 Å². The molecule has 2 aromatic carbocycles. The number of rotatable bonds is 17. The van der Waals surface area contributed by atoms with Crippen molar-refractivity contribution >= 4 is 64.3 Å². The highest BCUT2D eigenvalue weighted by atomic mass is 19.3. The van der Waals surface area contributed by atoms with Gasteiger partial charge >= 0.3 is 5.92 Å². The monoisotopic (exact) mass is 831 g/mol. The summed E-state index contributed by atoms with van der Waals surface area (Å²) < 4.78 is 41.1. The number of fused-ring (bicyclic) bond motifs is 2. The SMILES string of the molecule is CN1C(=O)C(F)(F)CN(C2CCCC2)c2nc(Nc3ccc(C(=O)NCCCOCCCOCCNc4cccc5c4C(=O)N(C4CCC(=O)NC4=O)C5=O)cc3)ncc21. The molecule has 0 bridgehead atoms. The van der Waals surface area contributed by atoms with E-state index in [9.17, 15) is 37.5 Å². The number of imide groups is 2. The Hall–Kier alpha value is -6.08. The average Bonchev–Trinajstić information content (AvgIpc) is 3.85. The molecule has 1 aromatic heterocycles. The number of nitrogens with one attached hydrogen (secondary N) is 4. The van der Waals surface area contributed by atoms with Gasteiger partial charge < -0.3 is 35.2 Å². The summed E-state index contributed by atoms with van der Waals surface area (Å²) in [6.45, 7) is 1.69. The molecule has 318 valence electrons. The van der Waals surface area contributed by atoms with E-state index in [-0.39, 0.29) is 53.4 Å². The number of carbonyl (C=O) groups excluding carboxylic acids is 6. The maximum Gasteiger partial charge on any atom is 0.342 e. The number of hydrogen-bond acceptors (Lipinski definition) is 13. The maximum absolute atomic E-state index is 14.9. The molecular formula is C41H47F2N9O8. The van der Waals surface area contributed by atoms with Crippen LogP contribution in [0, 0.1) is 0 Å². The number of nitrogens with zero attached hydrogens (tertiary/aromatic N) is 5. The fraction of sp³-hybridized carbons (Fsp3) is 0.463. The molecule has 1 saturated heterocycles. The minimum absolute atomic E-state index is 0.0478. The van der Waals surface area contributed by atoms with Crippen molar-refractivity contribution in [3.8, 4) is 0 Å². The number of halogens is 2. The first-order valence-corrected chi connectivity index (χ1v) is 20.1. The van der Waals surface area contributed by atoms with Crippen LogP contribution in [0.2, 0.25) is 0 Å². The first-order chi connectivity index (χ1) is 28.9. The van der Waals surface area contributed by atoms with E-state index >= 15 is 0 Å². The number of benzene rings is 2. The van der Waals surface area contributed by atoms with Crippen LogP contribution in [0.25, 0.3) is 0 Å². The molecular weight excluding hydrogens is 785 g/mol. The Kier molecular flexibility index (Phi) is 12.9. The molecule has 6 amide bonds. The van der Waals surface area contributed by atoms with Crippen LogP contribution >= 0.6 is 0 Å². The standard InChI is InChI=1S/C41H47F2N9O8/c1-50-31-23-46-40(49-34(31)51(27-7-2-3-8-27)24-41(42,43)39(50)58)47-26-13-11-25(12-14-26)35(54)45-17-5-19-59-20-6-21-60-22-18-44-29-10-4-9-28-33(29)38(57)52(37(28)56)30-15-16-32(53)48-36(30)55/h4,9-14,23,27,30,44H,2-3,5-8,15-22,24H2,1H3,(H,45,54)(H,46,47,49)(H,48,53,55). The zero-order valence-corrected chi connectivity index (χ0v) is 33.1. The van der Waals surface area contributed by atoms with E-state index in [1.54, 1.807) is 41.3 Å². The number of carbonyl (C=O) groups is 6. The molecule has 4 heterocycles. The van der Waals surface area contributed by atoms with E-state index in [0.29, 0.717) is 69.3 Å². The lowest BCUT2D eigenvalue weighted by atomic mass is 10.0. The second kappa shape index (κ2) is 18.5. The zero-order valence-electron chi connectivity index (χ0n) is 33.1. The highest BCUT2D eigenvalue weighted by Crippen LogP contribution is 2.40. The summed E-state index contributed by atoms with van der Waals surface area (Å²) in [5.41, 5.74) is 2.10. The minimum atomic E-state index is -3.57. The number of hydrogen-bond donors (Lipinski definition) is 4. The number of amides is 6. The molecule has 1 unspecified atom stereocenters. The van der Waals surface area contributed by atoms with Gasteiger partial charge in [-0.2, -0.15) is 13.8 Å². The summed E-state index contributed by atoms with van der Waals surface area (Å²) in [6.07, 6.45) is 6.07. The molecule has 19 heteroatoms. The van der Waals surface area contributed by atoms with Crippen LogP contribution in [-0.2, 0) is 23.9 Å². The van der Waals surface area contributed by atoms with Crippen LogP contribution < -0.4 is 31.1 Å². The summed E-state index contributed by atoms with van der Waals surface area (Å²) in [5.74, 6) is -6.89. The smallest absolute Gasteiger partial charge is 0.342 e. The van der Waals surface area contributed by atoms with Gasteiger partial charge in [0.25, 0.3) is 23.6 Å². The molecule has 7 rings (SSSR count). The Morgan fingerprint density at radius 1 is 0.917 bits per heavy atom. The van der Waals surface area contributed by atoms with Crippen molar-refractivity contribution in [2.75, 3.05) is 73.5 Å². The molecule has 4 N–H and O–H groups in total. The van der Waals surface area contributed by atoms with E-state index in [1.165, 1.54) is 19.3 Å². The number of piperidine rings is 1. The highest BCUT2D eigenvalue weighted by molar-refractivity contribution is 6.25. The van der Waals surface area contributed by atoms with Gasteiger partial charge in [0.15, 0.2) is 5.82 Å². The summed E-state index contributed by atoms with van der Waals surface area (Å²) >= 11 is 0. The van der Waals surface area contributed by atoms with Crippen molar-refractivity contribution in [1.82, 2.24) is 25.5 Å². The summed E-state index contributed by atoms with van der Waals surface area (Å²) in [5, 5.41) is 11.3. The fourth-order valence-electron chi connectivity index (χ4n) is 7.80. The van der Waals surface area contributed by atoms with Crippen molar-refractivity contribution in [2.24, 2.45) is 0 Å². The lowest BCUT2D eigenvalue weighted by Crippen LogP contribution is -2.54. The first kappa shape index (κ1) is 42.1. The van der Waals surface area contributed by atoms with Gasteiger partial charge in [0.2, 0.25) is 17.8 Å². The Morgan fingerprint density at radius 3 is 2.40 bits per heavy atom. The molecule has 2 fully saturated rings. The maximum atomic E-state index is 14.9. The Morgan fingerprint density at radius 2 is 1.65 bits per heavy atom. The quantitative estimate of drug-likeness (QED) is 0.114. The van der Waals surface area contributed by atoms with E-state index in [0.717, 1.165) is 35.5 Å². The van der Waals surface area contributed by atoms with E-state index < -0.39 is 48.0 Å². The zero-order chi connectivity index (χ0) is 42.4. The molecule has 3 aromatic rings. The van der Waals surface area contributed by atoms with Crippen LogP contribution in [0.4, 0.5) is 37.6 Å². The van der Waals surface area contributed by atoms with Gasteiger partial charge in [0, 0.05) is 69.4 Å². The van der Waals surface area contributed by atoms with Crippen molar-refractivity contribution < 1.29 is 47.0 Å². The summed E-state index contributed by atoms with van der Waals surface area (Å²) in [4.78, 5) is 87.7. The lowest BCUT2D eigenvalue weighted by Gasteiger charge is -2.31. The molecule has 17 nitrogen and oxygen atoms in total. The molecule has 1 aliphatic carbocycles. The van der Waals surface area contributed by atoms with Gasteiger partial charge in [-0.05, 0) is 68.5 Å². The van der Waals surface area contributed by atoms with Gasteiger partial charge in [-0.3, -0.25) is 39.0 Å². The molecule has 0 radical (unpaired) electrons. The van der Waals surface area contributed by atoms with Gasteiger partial charge in [-0.25, -0.2) is 4.98 Å². The van der Waals surface area contributed by atoms with Crippen molar-refractivity contribution in [1.29, 1.82) is 0 Å². The number of alkyl halides is 2. The molecule has 1 saturated carbocycles. The van der Waals surface area contributed by atoms with E-state index in [4.69, 9.17) is 9.47 Å². The third-order valence-corrected chi connectivity index (χ3v) is 10.9. The van der Waals surface area contributed by atoms with Crippen molar-refractivity contribution in [3.63, 3.8) is 0 Å². The normalized spacial score (nSPS) is 18.9. The van der Waals surface area contributed by atoms with Crippen LogP contribution in [0.15, 0.2) is 48.7 Å². The number of aromatic nitrogens is 2. The van der Waals surface area contributed by atoms with Crippen LogP contribution in [0.3, 0.4) is 0 Å². The summed E-state index contributed by atoms with van der Waals surface area (Å²) in [6, 6.07) is 10.4. The molecule has 60 heavy (non-hydrogen) atoms. The molecule has 4 aliphatic rings. The second-order valence-corrected chi connectivity index (χ2v) is 15.0. The predicted octanol–water partition coefficient (Wildman–Crippen LogP) is 3.64. The van der Waals surface area contributed by atoms with Gasteiger partial charge in [0.05, 0.1) is 30.5 Å². The van der Waals surface area contributed by atoms with Crippen LogP contribution in [0.1, 0.15) is 82.4 Å². The molecule has 0 spiro atoms.